The van der Waals surface area contributed by atoms with Crippen LogP contribution in [0.5, 0.6) is 23.0 Å². The van der Waals surface area contributed by atoms with Crippen LogP contribution in [-0.2, 0) is 0 Å². The molecule has 0 saturated carbocycles. The van der Waals surface area contributed by atoms with E-state index in [1.54, 1.807) is 12.1 Å². The van der Waals surface area contributed by atoms with E-state index in [1.807, 2.05) is 43.3 Å². The Bertz CT molecular complexity index is 1110. The lowest BCUT2D eigenvalue weighted by atomic mass is 10.0. The van der Waals surface area contributed by atoms with Crippen LogP contribution in [0.1, 0.15) is 35.7 Å². The first-order chi connectivity index (χ1) is 16.5. The summed E-state index contributed by atoms with van der Waals surface area (Å²) >= 11 is 0. The van der Waals surface area contributed by atoms with Crippen molar-refractivity contribution in [2.45, 2.75) is 19.8 Å². The number of methoxy groups -OCH3 is 2. The van der Waals surface area contributed by atoms with E-state index in [1.165, 1.54) is 26.6 Å². The zero-order chi connectivity index (χ0) is 24.5. The molecule has 3 rings (SSSR count). The van der Waals surface area contributed by atoms with Crippen LogP contribution in [0, 0.1) is 0 Å². The van der Waals surface area contributed by atoms with Crippen LogP contribution >= 0.6 is 0 Å². The number of rotatable bonds is 13. The van der Waals surface area contributed by atoms with Gasteiger partial charge in [0.25, 0.3) is 0 Å². The minimum Gasteiger partial charge on any atom is -0.495 e. The average molecular weight is 468 g/mol. The minimum absolute atomic E-state index is 0.263. The Kier molecular flexibility index (Phi) is 8.99. The molecule has 0 aliphatic rings. The van der Waals surface area contributed by atoms with Crippen LogP contribution in [-0.4, -0.2) is 58.8 Å². The van der Waals surface area contributed by atoms with Gasteiger partial charge in [-0.3, -0.25) is 4.79 Å². The maximum atomic E-state index is 13.4. The van der Waals surface area contributed by atoms with Crippen LogP contribution in [0.2, 0.25) is 0 Å². The summed E-state index contributed by atoms with van der Waals surface area (Å²) in [6, 6.07) is 9.37. The highest BCUT2D eigenvalue weighted by molar-refractivity contribution is 6.15. The third kappa shape index (κ3) is 5.91. The van der Waals surface area contributed by atoms with Gasteiger partial charge in [0, 0.05) is 6.54 Å². The molecule has 0 amide bonds. The molecular weight excluding hydrogens is 434 g/mol. The van der Waals surface area contributed by atoms with Crippen LogP contribution in [0.4, 0.5) is 0 Å². The van der Waals surface area contributed by atoms with Crippen molar-refractivity contribution in [1.82, 2.24) is 4.90 Å². The molecule has 182 valence electrons. The molecule has 0 saturated heterocycles. The standard InChI is InChI=1S/C27H33NO6/c1-6-7-16-32-20-11-8-19(9-12-20)10-13-22(29)23-24(30-4)21-14-17-33-25(21)27(31-5)26(23)34-18-15-28(2)3/h8-14,17H,6-7,15-16,18H2,1-5H3/b13-10+. The maximum Gasteiger partial charge on any atom is 0.205 e. The summed E-state index contributed by atoms with van der Waals surface area (Å²) in [6.07, 6.45) is 6.90. The van der Waals surface area contributed by atoms with Crippen LogP contribution in [0.25, 0.3) is 17.0 Å². The molecule has 0 radical (unpaired) electrons. The quantitative estimate of drug-likeness (QED) is 0.188. The number of allylic oxidation sites excluding steroid dienone is 1. The first-order valence-corrected chi connectivity index (χ1v) is 11.4. The molecule has 7 heteroatoms. The summed E-state index contributed by atoms with van der Waals surface area (Å²) in [7, 11) is 6.95. The third-order valence-corrected chi connectivity index (χ3v) is 5.29. The van der Waals surface area contributed by atoms with Crippen molar-refractivity contribution in [3.63, 3.8) is 0 Å². The third-order valence-electron chi connectivity index (χ3n) is 5.29. The van der Waals surface area contributed by atoms with Crippen LogP contribution in [0.3, 0.4) is 0 Å². The second-order valence-corrected chi connectivity index (χ2v) is 8.05. The van der Waals surface area contributed by atoms with Crippen molar-refractivity contribution in [3.8, 4) is 23.0 Å². The molecule has 0 aliphatic heterocycles. The Labute approximate surface area is 200 Å². The first kappa shape index (κ1) is 25.2. The number of ether oxygens (including phenoxy) is 4. The van der Waals surface area contributed by atoms with Crippen molar-refractivity contribution >= 4 is 22.8 Å². The summed E-state index contributed by atoms with van der Waals surface area (Å²) < 4.78 is 28.6. The van der Waals surface area contributed by atoms with Gasteiger partial charge < -0.3 is 28.3 Å². The normalized spacial score (nSPS) is 11.4. The molecule has 1 aromatic heterocycles. The molecule has 0 unspecified atom stereocenters. The fraction of sp³-hybridized carbons (Fsp3) is 0.370. The molecule has 1 heterocycles. The number of furan rings is 1. The van der Waals surface area contributed by atoms with Gasteiger partial charge in [-0.05, 0) is 50.4 Å². The highest BCUT2D eigenvalue weighted by Crippen LogP contribution is 2.46. The summed E-state index contributed by atoms with van der Waals surface area (Å²) in [4.78, 5) is 15.4. The lowest BCUT2D eigenvalue weighted by Gasteiger charge is -2.18. The lowest BCUT2D eigenvalue weighted by Crippen LogP contribution is -2.20. The Morgan fingerprint density at radius 1 is 0.971 bits per heavy atom. The Hall–Kier alpha value is -3.45. The van der Waals surface area contributed by atoms with Gasteiger partial charge in [0.15, 0.2) is 17.1 Å². The van der Waals surface area contributed by atoms with E-state index in [0.29, 0.717) is 53.5 Å². The number of carbonyl (C=O) groups is 1. The fourth-order valence-electron chi connectivity index (χ4n) is 3.47. The van der Waals surface area contributed by atoms with Gasteiger partial charge in [0.05, 0.1) is 32.5 Å². The van der Waals surface area contributed by atoms with Gasteiger partial charge in [-0.2, -0.15) is 0 Å². The van der Waals surface area contributed by atoms with Gasteiger partial charge in [0.1, 0.15) is 23.7 Å². The zero-order valence-corrected chi connectivity index (χ0v) is 20.6. The molecule has 0 aliphatic carbocycles. The van der Waals surface area contributed by atoms with Crippen molar-refractivity contribution in [1.29, 1.82) is 0 Å². The highest BCUT2D eigenvalue weighted by Gasteiger charge is 2.28. The molecule has 0 N–H and O–H groups in total. The van der Waals surface area contributed by atoms with Crippen molar-refractivity contribution < 1.29 is 28.2 Å². The predicted octanol–water partition coefficient (Wildman–Crippen LogP) is 5.47. The van der Waals surface area contributed by atoms with Gasteiger partial charge >= 0.3 is 0 Å². The van der Waals surface area contributed by atoms with E-state index in [9.17, 15) is 4.79 Å². The number of ketones is 1. The van der Waals surface area contributed by atoms with Gasteiger partial charge in [-0.25, -0.2) is 0 Å². The maximum absolute atomic E-state index is 13.4. The van der Waals surface area contributed by atoms with E-state index < -0.39 is 0 Å². The largest absolute Gasteiger partial charge is 0.495 e. The Balaban J connectivity index is 1.93. The molecule has 0 spiro atoms. The first-order valence-electron chi connectivity index (χ1n) is 11.4. The number of carbonyl (C=O) groups excluding carboxylic acids is 1. The van der Waals surface area contributed by atoms with E-state index in [0.717, 1.165) is 24.2 Å². The van der Waals surface area contributed by atoms with Crippen molar-refractivity contribution in [3.05, 3.63) is 53.8 Å². The van der Waals surface area contributed by atoms with Crippen molar-refractivity contribution in [2.24, 2.45) is 0 Å². The summed E-state index contributed by atoms with van der Waals surface area (Å²) in [5.41, 5.74) is 1.64. The summed E-state index contributed by atoms with van der Waals surface area (Å²) in [6.45, 7) is 3.85. The number of hydrogen-bond acceptors (Lipinski definition) is 7. The topological polar surface area (TPSA) is 70.4 Å². The minimum atomic E-state index is -0.263. The number of fused-ring (bicyclic) bond motifs is 1. The molecular formula is C27H33NO6. The molecule has 0 fully saturated rings. The van der Waals surface area contributed by atoms with Gasteiger partial charge in [0.2, 0.25) is 5.75 Å². The monoisotopic (exact) mass is 467 g/mol. The second kappa shape index (κ2) is 12.1. The summed E-state index contributed by atoms with van der Waals surface area (Å²) in [5.74, 6) is 1.60. The second-order valence-electron chi connectivity index (χ2n) is 8.05. The number of nitrogens with zero attached hydrogens (tertiary/aromatic N) is 1. The number of unbranched alkanes of at least 4 members (excludes halogenated alkanes) is 1. The Morgan fingerprint density at radius 3 is 2.35 bits per heavy atom. The lowest BCUT2D eigenvalue weighted by molar-refractivity contribution is 0.104. The van der Waals surface area contributed by atoms with Crippen LogP contribution < -0.4 is 18.9 Å². The molecule has 2 aromatic carbocycles. The summed E-state index contributed by atoms with van der Waals surface area (Å²) in [5, 5.41) is 0.643. The molecule has 3 aromatic rings. The predicted molar refractivity (Wildman–Crippen MR) is 134 cm³/mol. The van der Waals surface area contributed by atoms with E-state index in [4.69, 9.17) is 23.4 Å². The zero-order valence-electron chi connectivity index (χ0n) is 20.6. The molecule has 34 heavy (non-hydrogen) atoms. The highest BCUT2D eigenvalue weighted by atomic mass is 16.5. The Morgan fingerprint density at radius 2 is 1.71 bits per heavy atom. The SMILES string of the molecule is CCCCOc1ccc(/C=C/C(=O)c2c(OCCN(C)C)c(OC)c3occc3c2OC)cc1. The van der Waals surface area contributed by atoms with E-state index in [2.05, 4.69) is 6.92 Å². The molecule has 7 nitrogen and oxygen atoms in total. The van der Waals surface area contributed by atoms with Crippen LogP contribution in [0.15, 0.2) is 47.1 Å². The van der Waals surface area contributed by atoms with E-state index in [-0.39, 0.29) is 5.78 Å². The number of likely N-dealkylation sites (N-methyl/N-ethyl adjacent to an activating group) is 1. The molecule has 0 atom stereocenters. The molecule has 0 bridgehead atoms. The number of benzene rings is 2. The fourth-order valence-corrected chi connectivity index (χ4v) is 3.47. The average Bonchev–Trinajstić information content (AvgIpc) is 3.32. The smallest absolute Gasteiger partial charge is 0.205 e. The number of hydrogen-bond donors (Lipinski definition) is 0. The van der Waals surface area contributed by atoms with Gasteiger partial charge in [-0.15, -0.1) is 0 Å². The van der Waals surface area contributed by atoms with Crippen molar-refractivity contribution in [2.75, 3.05) is 48.1 Å². The van der Waals surface area contributed by atoms with Gasteiger partial charge in [-0.1, -0.05) is 31.6 Å². The van der Waals surface area contributed by atoms with E-state index >= 15 is 0 Å².